The third-order valence-corrected chi connectivity index (χ3v) is 4.82. The molecular weight excluding hydrogens is 280 g/mol. The normalized spacial score (nSPS) is 15.3. The zero-order chi connectivity index (χ0) is 16.3. The summed E-state index contributed by atoms with van der Waals surface area (Å²) in [6, 6.07) is 19.7. The molecule has 23 heavy (non-hydrogen) atoms. The highest BCUT2D eigenvalue weighted by atomic mass is 14.9. The zero-order valence-electron chi connectivity index (χ0n) is 13.5. The Bertz CT molecular complexity index is 709. The van der Waals surface area contributed by atoms with Gasteiger partial charge in [-0.2, -0.15) is 5.26 Å². The van der Waals surface area contributed by atoms with E-state index in [2.05, 4.69) is 61.3 Å². The number of hydrogen-bond acceptors (Lipinski definition) is 2. The monoisotopic (exact) mass is 302 g/mol. The molecule has 0 spiro atoms. The minimum absolute atomic E-state index is 0.359. The first-order valence-corrected chi connectivity index (χ1v) is 8.18. The molecule has 2 aromatic carbocycles. The zero-order valence-corrected chi connectivity index (χ0v) is 13.5. The number of fused-ring (bicyclic) bond motifs is 3. The van der Waals surface area contributed by atoms with Crippen LogP contribution in [0, 0.1) is 11.3 Å². The average Bonchev–Trinajstić information content (AvgIpc) is 2.89. The van der Waals surface area contributed by atoms with E-state index in [1.165, 1.54) is 11.1 Å². The van der Waals surface area contributed by atoms with Crippen molar-refractivity contribution in [1.82, 2.24) is 5.32 Å². The highest BCUT2D eigenvalue weighted by Gasteiger charge is 2.43. The molecule has 1 aliphatic carbocycles. The van der Waals surface area contributed by atoms with E-state index in [-0.39, 0.29) is 0 Å². The summed E-state index contributed by atoms with van der Waals surface area (Å²) in [5.41, 5.74) is 4.18. The maximum atomic E-state index is 10.1. The fourth-order valence-electron chi connectivity index (χ4n) is 3.59. The summed E-state index contributed by atoms with van der Waals surface area (Å²) in [6.07, 6.45) is 3.64. The smallest absolute Gasteiger partial charge is 0.108 e. The van der Waals surface area contributed by atoms with Gasteiger partial charge in [0.1, 0.15) is 5.41 Å². The van der Waals surface area contributed by atoms with Crippen molar-refractivity contribution in [2.24, 2.45) is 0 Å². The largest absolute Gasteiger partial charge is 0.311 e. The van der Waals surface area contributed by atoms with Gasteiger partial charge in [-0.3, -0.25) is 0 Å². The van der Waals surface area contributed by atoms with Crippen molar-refractivity contribution in [3.63, 3.8) is 0 Å². The van der Waals surface area contributed by atoms with Crippen LogP contribution in [0.3, 0.4) is 0 Å². The standard InChI is InChI=1S/C21H22N2/c1-3-14-23-16(2)12-13-21(15-22)19-10-6-4-8-17(19)18-9-5-7-11-20(18)21/h3-11,16,23H,1,12-14H2,2H3. The van der Waals surface area contributed by atoms with Gasteiger partial charge < -0.3 is 5.32 Å². The van der Waals surface area contributed by atoms with Crippen LogP contribution in [0.15, 0.2) is 61.2 Å². The van der Waals surface area contributed by atoms with Gasteiger partial charge in [0.15, 0.2) is 0 Å². The molecule has 0 fully saturated rings. The molecule has 1 atom stereocenters. The van der Waals surface area contributed by atoms with Gasteiger partial charge in [-0.1, -0.05) is 54.6 Å². The van der Waals surface area contributed by atoms with E-state index in [4.69, 9.17) is 0 Å². The van der Waals surface area contributed by atoms with Crippen molar-refractivity contribution in [2.75, 3.05) is 6.54 Å². The number of hydrogen-bond donors (Lipinski definition) is 1. The SMILES string of the molecule is C=CCNC(C)CCC1(C#N)c2ccccc2-c2ccccc21. The Morgan fingerprint density at radius 1 is 1.13 bits per heavy atom. The summed E-state index contributed by atoms with van der Waals surface area (Å²) < 4.78 is 0. The quantitative estimate of drug-likeness (QED) is 0.802. The highest BCUT2D eigenvalue weighted by molar-refractivity contribution is 5.82. The molecule has 0 saturated carbocycles. The first-order chi connectivity index (χ1) is 11.2. The maximum Gasteiger partial charge on any atom is 0.108 e. The number of nitrogens with zero attached hydrogens (tertiary/aromatic N) is 1. The minimum atomic E-state index is -0.530. The van der Waals surface area contributed by atoms with Crippen LogP contribution in [0.4, 0.5) is 0 Å². The molecule has 1 aliphatic rings. The molecule has 0 aromatic heterocycles. The van der Waals surface area contributed by atoms with E-state index in [1.807, 2.05) is 18.2 Å². The van der Waals surface area contributed by atoms with Gasteiger partial charge in [0.25, 0.3) is 0 Å². The Balaban J connectivity index is 1.98. The molecule has 0 heterocycles. The van der Waals surface area contributed by atoms with Crippen LogP contribution in [-0.2, 0) is 5.41 Å². The van der Waals surface area contributed by atoms with E-state index in [0.717, 1.165) is 30.5 Å². The lowest BCUT2D eigenvalue weighted by molar-refractivity contribution is 0.473. The van der Waals surface area contributed by atoms with Crippen molar-refractivity contribution >= 4 is 0 Å². The summed E-state index contributed by atoms with van der Waals surface area (Å²) >= 11 is 0. The van der Waals surface area contributed by atoms with Crippen LogP contribution in [0.2, 0.25) is 0 Å². The predicted molar refractivity (Wildman–Crippen MR) is 95.2 cm³/mol. The van der Waals surface area contributed by atoms with Crippen molar-refractivity contribution in [3.05, 3.63) is 72.3 Å². The second-order valence-corrected chi connectivity index (χ2v) is 6.24. The number of rotatable bonds is 6. The van der Waals surface area contributed by atoms with Crippen molar-refractivity contribution in [1.29, 1.82) is 5.26 Å². The lowest BCUT2D eigenvalue weighted by Gasteiger charge is -2.26. The fraction of sp³-hybridized carbons (Fsp3) is 0.286. The van der Waals surface area contributed by atoms with Crippen LogP contribution >= 0.6 is 0 Å². The van der Waals surface area contributed by atoms with Gasteiger partial charge in [-0.05, 0) is 42.0 Å². The Labute approximate surface area is 138 Å². The van der Waals surface area contributed by atoms with Gasteiger partial charge in [-0.15, -0.1) is 6.58 Å². The first kappa shape index (κ1) is 15.5. The van der Waals surface area contributed by atoms with Crippen LogP contribution in [-0.4, -0.2) is 12.6 Å². The van der Waals surface area contributed by atoms with Gasteiger partial charge in [0.2, 0.25) is 0 Å². The lowest BCUT2D eigenvalue weighted by atomic mass is 9.75. The number of benzene rings is 2. The fourth-order valence-corrected chi connectivity index (χ4v) is 3.59. The topological polar surface area (TPSA) is 35.8 Å². The Hall–Kier alpha value is -2.37. The molecule has 0 saturated heterocycles. The lowest BCUT2D eigenvalue weighted by Crippen LogP contribution is -2.30. The van der Waals surface area contributed by atoms with Gasteiger partial charge in [0.05, 0.1) is 6.07 Å². The Kier molecular flexibility index (Phi) is 4.32. The molecule has 2 nitrogen and oxygen atoms in total. The third kappa shape index (κ3) is 2.58. The van der Waals surface area contributed by atoms with E-state index in [0.29, 0.717) is 6.04 Å². The van der Waals surface area contributed by atoms with Crippen LogP contribution < -0.4 is 5.32 Å². The molecular formula is C21H22N2. The van der Waals surface area contributed by atoms with Crippen LogP contribution in [0.1, 0.15) is 30.9 Å². The molecule has 0 aliphatic heterocycles. The van der Waals surface area contributed by atoms with Crippen molar-refractivity contribution in [3.8, 4) is 17.2 Å². The Morgan fingerprint density at radius 2 is 1.70 bits per heavy atom. The van der Waals surface area contributed by atoms with Gasteiger partial charge in [-0.25, -0.2) is 0 Å². The van der Waals surface area contributed by atoms with E-state index >= 15 is 0 Å². The molecule has 0 bridgehead atoms. The molecule has 2 heteroatoms. The van der Waals surface area contributed by atoms with Crippen LogP contribution in [0.25, 0.3) is 11.1 Å². The molecule has 1 unspecified atom stereocenters. The first-order valence-electron chi connectivity index (χ1n) is 8.18. The van der Waals surface area contributed by atoms with Crippen LogP contribution in [0.5, 0.6) is 0 Å². The minimum Gasteiger partial charge on any atom is -0.311 e. The van der Waals surface area contributed by atoms with Gasteiger partial charge in [0, 0.05) is 12.6 Å². The summed E-state index contributed by atoms with van der Waals surface area (Å²) in [5, 5.41) is 13.5. The van der Waals surface area contributed by atoms with E-state index in [1.54, 1.807) is 0 Å². The highest BCUT2D eigenvalue weighted by Crippen LogP contribution is 2.50. The molecule has 116 valence electrons. The third-order valence-electron chi connectivity index (χ3n) is 4.82. The van der Waals surface area contributed by atoms with Gasteiger partial charge >= 0.3 is 0 Å². The molecule has 0 amide bonds. The molecule has 3 rings (SSSR count). The summed E-state index contributed by atoms with van der Waals surface area (Å²) in [7, 11) is 0. The van der Waals surface area contributed by atoms with E-state index < -0.39 is 5.41 Å². The average molecular weight is 302 g/mol. The molecule has 1 N–H and O–H groups in total. The van der Waals surface area contributed by atoms with Crippen molar-refractivity contribution in [2.45, 2.75) is 31.2 Å². The summed E-state index contributed by atoms with van der Waals surface area (Å²) in [5.74, 6) is 0. The second-order valence-electron chi connectivity index (χ2n) is 6.24. The number of nitriles is 1. The second kappa shape index (κ2) is 6.40. The predicted octanol–water partition coefficient (Wildman–Crippen LogP) is 4.42. The molecule has 0 radical (unpaired) electrons. The Morgan fingerprint density at radius 3 is 2.22 bits per heavy atom. The maximum absolute atomic E-state index is 10.1. The number of nitrogens with one attached hydrogen (secondary N) is 1. The molecule has 2 aromatic rings. The van der Waals surface area contributed by atoms with Crippen molar-refractivity contribution < 1.29 is 0 Å². The van der Waals surface area contributed by atoms with E-state index in [9.17, 15) is 5.26 Å². The summed E-state index contributed by atoms with van der Waals surface area (Å²) in [4.78, 5) is 0. The summed E-state index contributed by atoms with van der Waals surface area (Å²) in [6.45, 7) is 6.71.